The predicted molar refractivity (Wildman–Crippen MR) is 72.6 cm³/mol. The van der Waals surface area contributed by atoms with Crippen molar-refractivity contribution in [1.82, 2.24) is 20.0 Å². The molecule has 2 heterocycles. The van der Waals surface area contributed by atoms with Crippen LogP contribution in [-0.4, -0.2) is 33.1 Å². The summed E-state index contributed by atoms with van der Waals surface area (Å²) in [6.07, 6.45) is 1.79. The summed E-state index contributed by atoms with van der Waals surface area (Å²) in [5.74, 6) is -0.732. The van der Waals surface area contributed by atoms with Crippen molar-refractivity contribution in [2.75, 3.05) is 7.11 Å². The van der Waals surface area contributed by atoms with Crippen LogP contribution >= 0.6 is 0 Å². The molecule has 1 atom stereocenters. The molecule has 0 unspecified atom stereocenters. The number of methoxy groups -OCH3 is 1. The Balaban J connectivity index is 2.53. The van der Waals surface area contributed by atoms with E-state index in [4.69, 9.17) is 4.74 Å². The number of nitrogens with one attached hydrogen (secondary N) is 2. The number of hydrogen-bond acceptors (Lipinski definition) is 4. The first-order valence-electron chi connectivity index (χ1n) is 6.28. The lowest BCUT2D eigenvalue weighted by atomic mass is 9.89. The van der Waals surface area contributed by atoms with E-state index in [9.17, 15) is 9.59 Å². The van der Waals surface area contributed by atoms with Crippen LogP contribution in [0.3, 0.4) is 0 Å². The summed E-state index contributed by atoms with van der Waals surface area (Å²) in [5, 5.41) is 9.51. The number of carbonyl (C=O) groups is 1. The highest BCUT2D eigenvalue weighted by Gasteiger charge is 2.27. The van der Waals surface area contributed by atoms with Gasteiger partial charge in [0.2, 0.25) is 0 Å². The van der Waals surface area contributed by atoms with Gasteiger partial charge >= 0.3 is 5.97 Å². The van der Waals surface area contributed by atoms with Gasteiger partial charge in [-0.15, -0.1) is 0 Å². The van der Waals surface area contributed by atoms with Crippen molar-refractivity contribution in [3.8, 4) is 0 Å². The van der Waals surface area contributed by atoms with E-state index in [1.807, 2.05) is 14.0 Å². The number of hydrogen-bond donors (Lipinski definition) is 2. The second-order valence-electron chi connectivity index (χ2n) is 4.76. The lowest BCUT2D eigenvalue weighted by molar-refractivity contribution is -0.140. The molecular formula is C13H18N4O3. The molecule has 0 spiro atoms. The van der Waals surface area contributed by atoms with Crippen LogP contribution in [0.15, 0.2) is 11.0 Å². The summed E-state index contributed by atoms with van der Waals surface area (Å²) < 4.78 is 6.46. The first-order chi connectivity index (χ1) is 9.45. The van der Waals surface area contributed by atoms with Gasteiger partial charge in [-0.1, -0.05) is 0 Å². The lowest BCUT2D eigenvalue weighted by Crippen LogP contribution is -2.17. The van der Waals surface area contributed by atoms with E-state index in [0.29, 0.717) is 11.3 Å². The van der Waals surface area contributed by atoms with Gasteiger partial charge in [0.05, 0.1) is 19.7 Å². The number of ether oxygens (including phenoxy) is 1. The highest BCUT2D eigenvalue weighted by atomic mass is 16.5. The van der Waals surface area contributed by atoms with Crippen LogP contribution < -0.4 is 5.56 Å². The third-order valence-corrected chi connectivity index (χ3v) is 3.61. The Bertz CT molecular complexity index is 680. The SMILES string of the molecule is COC(=O)C[C@@H](c1cnn(C)c1C)c1c(C)[nH][nH]c1=O. The molecule has 2 N–H and O–H groups in total. The van der Waals surface area contributed by atoms with Crippen molar-refractivity contribution in [1.29, 1.82) is 0 Å². The average Bonchev–Trinajstić information content (AvgIpc) is 2.92. The monoisotopic (exact) mass is 278 g/mol. The van der Waals surface area contributed by atoms with Crippen molar-refractivity contribution in [2.24, 2.45) is 7.05 Å². The van der Waals surface area contributed by atoms with E-state index >= 15 is 0 Å². The number of rotatable bonds is 4. The Hall–Kier alpha value is -2.31. The summed E-state index contributed by atoms with van der Waals surface area (Å²) in [4.78, 5) is 23.6. The van der Waals surface area contributed by atoms with Gasteiger partial charge in [0.25, 0.3) is 5.56 Å². The molecule has 0 aliphatic heterocycles. The molecule has 0 fully saturated rings. The normalized spacial score (nSPS) is 12.4. The molecule has 0 radical (unpaired) electrons. The molecule has 0 aromatic carbocycles. The average molecular weight is 278 g/mol. The molecule has 20 heavy (non-hydrogen) atoms. The van der Waals surface area contributed by atoms with Gasteiger partial charge in [0, 0.05) is 35.5 Å². The molecule has 2 aromatic heterocycles. The number of H-pyrrole nitrogens is 2. The van der Waals surface area contributed by atoms with Gasteiger partial charge in [-0.25, -0.2) is 0 Å². The largest absolute Gasteiger partial charge is 0.469 e. The summed E-state index contributed by atoms with van der Waals surface area (Å²) in [7, 11) is 3.16. The van der Waals surface area contributed by atoms with Gasteiger partial charge in [-0.3, -0.25) is 19.4 Å². The van der Waals surface area contributed by atoms with E-state index in [1.54, 1.807) is 17.8 Å². The maximum Gasteiger partial charge on any atom is 0.306 e. The second-order valence-corrected chi connectivity index (χ2v) is 4.76. The predicted octanol–water partition coefficient (Wildman–Crippen LogP) is 0.748. The van der Waals surface area contributed by atoms with E-state index < -0.39 is 0 Å². The molecule has 2 rings (SSSR count). The van der Waals surface area contributed by atoms with Gasteiger partial charge in [-0.2, -0.15) is 5.10 Å². The van der Waals surface area contributed by atoms with Crippen molar-refractivity contribution in [3.05, 3.63) is 39.1 Å². The Kier molecular flexibility index (Phi) is 3.78. The summed E-state index contributed by atoms with van der Waals surface area (Å²) in [5.41, 5.74) is 2.81. The van der Waals surface area contributed by atoms with Gasteiger partial charge in [-0.05, 0) is 13.8 Å². The summed E-state index contributed by atoms with van der Waals surface area (Å²) >= 11 is 0. The minimum atomic E-state index is -0.369. The number of esters is 1. The van der Waals surface area contributed by atoms with Crippen LogP contribution in [-0.2, 0) is 16.6 Å². The molecule has 2 aromatic rings. The van der Waals surface area contributed by atoms with E-state index in [2.05, 4.69) is 15.3 Å². The maximum atomic E-state index is 12.0. The number of nitrogens with zero attached hydrogens (tertiary/aromatic N) is 2. The van der Waals surface area contributed by atoms with Crippen molar-refractivity contribution >= 4 is 5.97 Å². The zero-order valence-electron chi connectivity index (χ0n) is 12.0. The van der Waals surface area contributed by atoms with E-state index in [0.717, 1.165) is 11.3 Å². The Morgan fingerprint density at radius 3 is 2.60 bits per heavy atom. The van der Waals surface area contributed by atoms with Gasteiger partial charge < -0.3 is 9.84 Å². The molecule has 0 aliphatic carbocycles. The molecule has 0 saturated heterocycles. The molecule has 0 saturated carbocycles. The van der Waals surface area contributed by atoms with Crippen LogP contribution in [0, 0.1) is 13.8 Å². The van der Waals surface area contributed by atoms with Crippen molar-refractivity contribution in [3.63, 3.8) is 0 Å². The van der Waals surface area contributed by atoms with Gasteiger partial charge in [0.15, 0.2) is 0 Å². The smallest absolute Gasteiger partial charge is 0.306 e. The number of carbonyl (C=O) groups excluding carboxylic acids is 1. The minimum Gasteiger partial charge on any atom is -0.469 e. The Labute approximate surface area is 115 Å². The van der Waals surface area contributed by atoms with Crippen molar-refractivity contribution in [2.45, 2.75) is 26.2 Å². The molecule has 0 bridgehead atoms. The number of aromatic nitrogens is 4. The molecule has 0 aliphatic rings. The second kappa shape index (κ2) is 5.36. The molecule has 7 nitrogen and oxygen atoms in total. The standard InChI is InChI=1S/C13H18N4O3/c1-7-12(13(19)16-15-7)9(5-11(18)20-4)10-6-14-17(3)8(10)2/h6,9H,5H2,1-4H3,(H2,15,16,19)/t9-/m0/s1. The highest BCUT2D eigenvalue weighted by Crippen LogP contribution is 2.29. The quantitative estimate of drug-likeness (QED) is 0.807. The number of aryl methyl sites for hydroxylation is 2. The third kappa shape index (κ3) is 2.38. The zero-order valence-corrected chi connectivity index (χ0v) is 12.0. The van der Waals surface area contributed by atoms with Crippen LogP contribution in [0.4, 0.5) is 0 Å². The van der Waals surface area contributed by atoms with Crippen LogP contribution in [0.25, 0.3) is 0 Å². The van der Waals surface area contributed by atoms with Gasteiger partial charge in [0.1, 0.15) is 0 Å². The fourth-order valence-corrected chi connectivity index (χ4v) is 2.35. The summed E-state index contributed by atoms with van der Waals surface area (Å²) in [6.45, 7) is 3.70. The minimum absolute atomic E-state index is 0.102. The first kappa shape index (κ1) is 14.1. The topological polar surface area (TPSA) is 92.8 Å². The van der Waals surface area contributed by atoms with E-state index in [-0.39, 0.29) is 23.9 Å². The summed E-state index contributed by atoms with van der Waals surface area (Å²) in [6, 6.07) is 0. The van der Waals surface area contributed by atoms with Crippen LogP contribution in [0.2, 0.25) is 0 Å². The fraction of sp³-hybridized carbons (Fsp3) is 0.462. The molecule has 108 valence electrons. The first-order valence-corrected chi connectivity index (χ1v) is 6.28. The molecular weight excluding hydrogens is 260 g/mol. The maximum absolute atomic E-state index is 12.0. The highest BCUT2D eigenvalue weighted by molar-refractivity contribution is 5.71. The van der Waals surface area contributed by atoms with Crippen LogP contribution in [0.1, 0.15) is 34.9 Å². The third-order valence-electron chi connectivity index (χ3n) is 3.61. The Morgan fingerprint density at radius 1 is 1.45 bits per heavy atom. The molecule has 7 heteroatoms. The van der Waals surface area contributed by atoms with E-state index in [1.165, 1.54) is 7.11 Å². The van der Waals surface area contributed by atoms with Crippen molar-refractivity contribution < 1.29 is 9.53 Å². The zero-order chi connectivity index (χ0) is 14.9. The van der Waals surface area contributed by atoms with Crippen LogP contribution in [0.5, 0.6) is 0 Å². The lowest BCUT2D eigenvalue weighted by Gasteiger charge is -2.14. The molecule has 0 amide bonds. The number of aromatic amines is 2. The Morgan fingerprint density at radius 2 is 2.15 bits per heavy atom. The fourth-order valence-electron chi connectivity index (χ4n) is 2.35.